The number of carbonyl (C=O) groups is 1. The van der Waals surface area contributed by atoms with Crippen molar-refractivity contribution in [2.45, 2.75) is 13.8 Å². The molecule has 0 heterocycles. The molecule has 0 unspecified atom stereocenters. The van der Waals surface area contributed by atoms with Gasteiger partial charge >= 0.3 is 0 Å². The topological polar surface area (TPSA) is 46.5 Å². The molecular weight excluding hydrogens is 166 g/mol. The fourth-order valence-corrected chi connectivity index (χ4v) is 1.08. The number of aryl methyl sites for hydroxylation is 1. The lowest BCUT2D eigenvalue weighted by Gasteiger charge is -2.02. The van der Waals surface area contributed by atoms with Gasteiger partial charge < -0.3 is 0 Å². The van der Waals surface area contributed by atoms with Gasteiger partial charge in [-0.3, -0.25) is 4.79 Å². The van der Waals surface area contributed by atoms with Gasteiger partial charge in [0, 0.05) is 5.56 Å². The highest BCUT2D eigenvalue weighted by Crippen LogP contribution is 2.13. The summed E-state index contributed by atoms with van der Waals surface area (Å²) in [6, 6.07) is 5.30. The first-order chi connectivity index (χ1) is 6.16. The Balaban J connectivity index is 3.22. The summed E-state index contributed by atoms with van der Waals surface area (Å²) < 4.78 is 0. The number of amides is 1. The zero-order chi connectivity index (χ0) is 9.84. The summed E-state index contributed by atoms with van der Waals surface area (Å²) in [5.41, 5.74) is 2.32. The maximum atomic E-state index is 11.2. The van der Waals surface area contributed by atoms with Crippen LogP contribution in [0.15, 0.2) is 23.2 Å². The third kappa shape index (κ3) is 1.89. The van der Waals surface area contributed by atoms with Crippen molar-refractivity contribution in [3.8, 4) is 0 Å². The van der Waals surface area contributed by atoms with E-state index in [0.717, 1.165) is 11.1 Å². The molecule has 3 heteroatoms. The Morgan fingerprint density at radius 3 is 2.69 bits per heavy atom. The summed E-state index contributed by atoms with van der Waals surface area (Å²) in [5, 5.41) is 0. The molecule has 0 aliphatic carbocycles. The lowest BCUT2D eigenvalue weighted by molar-refractivity contribution is 0.100. The van der Waals surface area contributed by atoms with Gasteiger partial charge in [0.05, 0.1) is 0 Å². The predicted molar refractivity (Wildman–Crippen MR) is 48.4 cm³/mol. The first-order valence-corrected chi connectivity index (χ1v) is 3.85. The Labute approximate surface area is 76.1 Å². The van der Waals surface area contributed by atoms with Crippen molar-refractivity contribution in [2.24, 2.45) is 4.99 Å². The third-order valence-electron chi connectivity index (χ3n) is 1.98. The smallest absolute Gasteiger partial charge is 0.266 e. The second-order valence-corrected chi connectivity index (χ2v) is 2.76. The molecule has 1 aromatic rings. The van der Waals surface area contributed by atoms with Crippen LogP contribution in [0.2, 0.25) is 0 Å². The van der Waals surface area contributed by atoms with Gasteiger partial charge in [-0.25, -0.2) is 4.79 Å². The number of aliphatic imine (C=N–C) groups is 1. The van der Waals surface area contributed by atoms with Crippen molar-refractivity contribution in [3.63, 3.8) is 0 Å². The quantitative estimate of drug-likeness (QED) is 0.482. The monoisotopic (exact) mass is 175 g/mol. The van der Waals surface area contributed by atoms with E-state index in [1.54, 1.807) is 12.1 Å². The van der Waals surface area contributed by atoms with Crippen LogP contribution in [-0.2, 0) is 4.79 Å². The van der Waals surface area contributed by atoms with Crippen LogP contribution in [0.5, 0.6) is 0 Å². The second kappa shape index (κ2) is 3.78. The molecule has 1 rings (SSSR count). The van der Waals surface area contributed by atoms with E-state index in [2.05, 4.69) is 4.99 Å². The molecule has 0 aliphatic heterocycles. The molecule has 0 fully saturated rings. The number of carbonyl (C=O) groups excluding carboxylic acids is 2. The van der Waals surface area contributed by atoms with E-state index in [9.17, 15) is 9.59 Å². The summed E-state index contributed by atoms with van der Waals surface area (Å²) in [6.07, 6.45) is 1.24. The van der Waals surface area contributed by atoms with Crippen LogP contribution < -0.4 is 0 Å². The maximum absolute atomic E-state index is 11.2. The molecule has 0 atom stereocenters. The summed E-state index contributed by atoms with van der Waals surface area (Å²) in [5.74, 6) is -0.531. The number of benzene rings is 1. The average Bonchev–Trinajstić information content (AvgIpc) is 2.10. The number of isocyanates is 1. The van der Waals surface area contributed by atoms with E-state index in [0.29, 0.717) is 5.56 Å². The van der Waals surface area contributed by atoms with Crippen molar-refractivity contribution < 1.29 is 9.59 Å². The summed E-state index contributed by atoms with van der Waals surface area (Å²) in [4.78, 5) is 24.1. The van der Waals surface area contributed by atoms with Crippen molar-refractivity contribution in [1.29, 1.82) is 0 Å². The lowest BCUT2D eigenvalue weighted by atomic mass is 10.0. The molecule has 0 saturated carbocycles. The highest BCUT2D eigenvalue weighted by atomic mass is 16.2. The SMILES string of the molecule is Cc1cccc(C(=O)N=C=O)c1C. The fourth-order valence-electron chi connectivity index (χ4n) is 1.08. The molecule has 0 aliphatic rings. The minimum atomic E-state index is -0.531. The van der Waals surface area contributed by atoms with Gasteiger partial charge in [-0.15, -0.1) is 4.99 Å². The van der Waals surface area contributed by atoms with Crippen LogP contribution in [-0.4, -0.2) is 12.0 Å². The van der Waals surface area contributed by atoms with Crippen molar-refractivity contribution >= 4 is 12.0 Å². The van der Waals surface area contributed by atoms with E-state index >= 15 is 0 Å². The van der Waals surface area contributed by atoms with Crippen LogP contribution >= 0.6 is 0 Å². The van der Waals surface area contributed by atoms with E-state index in [1.165, 1.54) is 6.08 Å². The zero-order valence-electron chi connectivity index (χ0n) is 7.50. The molecule has 0 radical (unpaired) electrons. The molecule has 0 spiro atoms. The molecule has 66 valence electrons. The van der Waals surface area contributed by atoms with E-state index in [4.69, 9.17) is 0 Å². The van der Waals surface area contributed by atoms with Gasteiger partial charge in [0.15, 0.2) is 0 Å². The average molecular weight is 175 g/mol. The number of hydrogen-bond donors (Lipinski definition) is 0. The standard InChI is InChI=1S/C10H9NO2/c1-7-4-3-5-9(8(7)2)10(13)11-6-12/h3-5H,1-2H3. The second-order valence-electron chi connectivity index (χ2n) is 2.76. The van der Waals surface area contributed by atoms with Crippen LogP contribution in [0.25, 0.3) is 0 Å². The Bertz CT molecular complexity index is 390. The summed E-state index contributed by atoms with van der Waals surface area (Å²) >= 11 is 0. The van der Waals surface area contributed by atoms with Crippen molar-refractivity contribution in [1.82, 2.24) is 0 Å². The number of hydrogen-bond acceptors (Lipinski definition) is 2. The third-order valence-corrected chi connectivity index (χ3v) is 1.98. The molecule has 0 saturated heterocycles. The first-order valence-electron chi connectivity index (χ1n) is 3.85. The molecule has 0 bridgehead atoms. The molecular formula is C10H9NO2. The van der Waals surface area contributed by atoms with Crippen molar-refractivity contribution in [2.75, 3.05) is 0 Å². The van der Waals surface area contributed by atoms with Gasteiger partial charge in [-0.2, -0.15) is 0 Å². The zero-order valence-corrected chi connectivity index (χ0v) is 7.50. The van der Waals surface area contributed by atoms with E-state index < -0.39 is 5.91 Å². The minimum Gasteiger partial charge on any atom is -0.266 e. The van der Waals surface area contributed by atoms with E-state index in [-0.39, 0.29) is 0 Å². The molecule has 3 nitrogen and oxygen atoms in total. The van der Waals surface area contributed by atoms with Crippen molar-refractivity contribution in [3.05, 3.63) is 34.9 Å². The van der Waals surface area contributed by atoms with Crippen LogP contribution in [0.4, 0.5) is 0 Å². The molecule has 1 aromatic carbocycles. The Morgan fingerprint density at radius 1 is 1.38 bits per heavy atom. The molecule has 0 aromatic heterocycles. The first kappa shape index (κ1) is 9.36. The van der Waals surface area contributed by atoms with Crippen LogP contribution in [0.1, 0.15) is 21.5 Å². The predicted octanol–water partition coefficient (Wildman–Crippen LogP) is 1.78. The van der Waals surface area contributed by atoms with Gasteiger partial charge in [0.25, 0.3) is 5.91 Å². The minimum absolute atomic E-state index is 0.461. The Hall–Kier alpha value is -1.73. The highest BCUT2D eigenvalue weighted by Gasteiger charge is 2.07. The Kier molecular flexibility index (Phi) is 2.72. The van der Waals surface area contributed by atoms with Crippen LogP contribution in [0.3, 0.4) is 0 Å². The van der Waals surface area contributed by atoms with E-state index in [1.807, 2.05) is 19.9 Å². The number of nitrogens with zero attached hydrogens (tertiary/aromatic N) is 1. The van der Waals surface area contributed by atoms with Crippen LogP contribution in [0, 0.1) is 13.8 Å². The molecule has 1 amide bonds. The van der Waals surface area contributed by atoms with Gasteiger partial charge in [-0.1, -0.05) is 12.1 Å². The fraction of sp³-hybridized carbons (Fsp3) is 0.200. The normalized spacial score (nSPS) is 9.08. The number of rotatable bonds is 1. The van der Waals surface area contributed by atoms with Gasteiger partial charge in [0.2, 0.25) is 6.08 Å². The lowest BCUT2D eigenvalue weighted by Crippen LogP contribution is -1.99. The molecule has 13 heavy (non-hydrogen) atoms. The summed E-state index contributed by atoms with van der Waals surface area (Å²) in [7, 11) is 0. The highest BCUT2D eigenvalue weighted by molar-refractivity contribution is 5.98. The van der Waals surface area contributed by atoms with Gasteiger partial charge in [-0.05, 0) is 31.0 Å². The maximum Gasteiger partial charge on any atom is 0.288 e. The van der Waals surface area contributed by atoms with Gasteiger partial charge in [0.1, 0.15) is 0 Å². The largest absolute Gasteiger partial charge is 0.288 e. The molecule has 0 N–H and O–H groups in total. The summed E-state index contributed by atoms with van der Waals surface area (Å²) in [6.45, 7) is 3.72. The Morgan fingerprint density at radius 2 is 2.08 bits per heavy atom.